The van der Waals surface area contributed by atoms with Gasteiger partial charge in [0.25, 0.3) is 0 Å². The van der Waals surface area contributed by atoms with Gasteiger partial charge in [-0.05, 0) is 85.8 Å². The Bertz CT molecular complexity index is 1710. The van der Waals surface area contributed by atoms with Gasteiger partial charge in [0.05, 0.1) is 11.5 Å². The van der Waals surface area contributed by atoms with Crippen molar-refractivity contribution in [3.05, 3.63) is 57.7 Å². The Kier molecular flexibility index (Phi) is 10.8. The quantitative estimate of drug-likeness (QED) is 0.0935. The largest absolute Gasteiger partial charge is 0.458 e. The number of thioether (sulfide) groups is 1. The van der Waals surface area contributed by atoms with Crippen LogP contribution in [0.5, 0.6) is 5.75 Å². The molecule has 7 nitrogen and oxygen atoms in total. The average molecular weight is 753 g/mol. The number of carbonyl (C=O) groups is 2. The molecule has 0 radical (unpaired) electrons. The zero-order valence-corrected chi connectivity index (χ0v) is 30.1. The Balaban J connectivity index is 1.12. The third kappa shape index (κ3) is 7.32. The molecule has 278 valence electrons. The molecule has 2 heterocycles. The fourth-order valence-electron chi connectivity index (χ4n) is 9.36. The first kappa shape index (κ1) is 36.7. The van der Waals surface area contributed by atoms with Crippen LogP contribution in [0.3, 0.4) is 0 Å². The zero-order valence-electron chi connectivity index (χ0n) is 28.4. The maximum absolute atomic E-state index is 14.6. The van der Waals surface area contributed by atoms with Crippen molar-refractivity contribution < 1.29 is 49.6 Å². The summed E-state index contributed by atoms with van der Waals surface area (Å²) in [4.78, 5) is 25.3. The van der Waals surface area contributed by atoms with Crippen LogP contribution in [0.1, 0.15) is 154 Å². The number of hydrogen-bond donors (Lipinski definition) is 1. The van der Waals surface area contributed by atoms with Crippen LogP contribution < -0.4 is 4.74 Å². The van der Waals surface area contributed by atoms with Crippen molar-refractivity contribution in [3.63, 3.8) is 0 Å². The first-order valence-electron chi connectivity index (χ1n) is 18.5. The second-order valence-electron chi connectivity index (χ2n) is 15.1. The molecule has 2 aliphatic heterocycles. The van der Waals surface area contributed by atoms with Crippen LogP contribution in [0.15, 0.2) is 17.0 Å². The number of carbonyl (C=O) groups excluding carboxylic acids is 2. The molecule has 0 aromatic heterocycles. The van der Waals surface area contributed by atoms with E-state index >= 15 is 0 Å². The topological polar surface area (TPSA) is 107 Å². The standard InChI is InChI=1S/C38H44F4O7S2/c39-31-33(41)36(51(45,46)47)34(42)32(40)35(31)49-37(43)26-18-29-27(19-28(26)50-29)48-38(44)30-24(21-12-6-2-7-13-21)16-23(20-10-4-1-5-11-20)17-25(30)22-14-8-3-9-15-22/h16-17,20-22,26-29H,1-15,18-19H2,(H,45,46,47). The highest BCUT2D eigenvalue weighted by Gasteiger charge is 2.52. The minimum atomic E-state index is -5.65. The Hall–Kier alpha value is -2.64. The molecule has 13 heteroatoms. The summed E-state index contributed by atoms with van der Waals surface area (Å²) in [6.07, 6.45) is 17.0. The molecule has 51 heavy (non-hydrogen) atoms. The second kappa shape index (κ2) is 15.0. The third-order valence-electron chi connectivity index (χ3n) is 12.0. The molecule has 2 saturated heterocycles. The number of hydrogen-bond acceptors (Lipinski definition) is 7. The molecular weight excluding hydrogens is 709 g/mol. The third-order valence-corrected chi connectivity index (χ3v) is 14.6. The predicted octanol–water partition coefficient (Wildman–Crippen LogP) is 9.66. The molecule has 2 bridgehead atoms. The maximum atomic E-state index is 14.6. The van der Waals surface area contributed by atoms with Crippen LogP contribution in [-0.4, -0.2) is 41.5 Å². The summed E-state index contributed by atoms with van der Waals surface area (Å²) >= 11 is 1.40. The molecule has 4 atom stereocenters. The minimum Gasteiger partial charge on any atom is -0.458 e. The van der Waals surface area contributed by atoms with Crippen LogP contribution in [0.25, 0.3) is 0 Å². The van der Waals surface area contributed by atoms with Gasteiger partial charge in [0.15, 0.2) is 16.5 Å². The van der Waals surface area contributed by atoms with Gasteiger partial charge in [-0.25, -0.2) is 13.6 Å². The van der Waals surface area contributed by atoms with Gasteiger partial charge in [-0.1, -0.05) is 69.9 Å². The lowest BCUT2D eigenvalue weighted by molar-refractivity contribution is -0.140. The summed E-state index contributed by atoms with van der Waals surface area (Å²) in [5.74, 6) is -12.3. The highest BCUT2D eigenvalue weighted by atomic mass is 32.2. The van der Waals surface area contributed by atoms with Crippen LogP contribution >= 0.6 is 11.8 Å². The van der Waals surface area contributed by atoms with E-state index in [2.05, 4.69) is 12.1 Å². The lowest BCUT2D eigenvalue weighted by Crippen LogP contribution is -2.37. The minimum absolute atomic E-state index is 0.148. The van der Waals surface area contributed by atoms with Gasteiger partial charge in [0, 0.05) is 10.5 Å². The van der Waals surface area contributed by atoms with Gasteiger partial charge < -0.3 is 9.47 Å². The predicted molar refractivity (Wildman–Crippen MR) is 183 cm³/mol. The van der Waals surface area contributed by atoms with Crippen molar-refractivity contribution in [1.29, 1.82) is 0 Å². The fraction of sp³-hybridized carbons (Fsp3) is 0.632. The Morgan fingerprint density at radius 2 is 1.18 bits per heavy atom. The van der Waals surface area contributed by atoms with Gasteiger partial charge in [-0.3, -0.25) is 9.35 Å². The molecule has 0 amide bonds. The van der Waals surface area contributed by atoms with Crippen molar-refractivity contribution >= 4 is 33.8 Å². The fourth-order valence-corrected chi connectivity index (χ4v) is 11.8. The van der Waals surface area contributed by atoms with Crippen molar-refractivity contribution in [2.75, 3.05) is 0 Å². The number of rotatable bonds is 8. The van der Waals surface area contributed by atoms with Crippen molar-refractivity contribution in [2.45, 2.75) is 148 Å². The van der Waals surface area contributed by atoms with Crippen molar-refractivity contribution in [2.24, 2.45) is 5.92 Å². The number of halogens is 4. The Morgan fingerprint density at radius 3 is 1.63 bits per heavy atom. The molecule has 5 fully saturated rings. The van der Waals surface area contributed by atoms with Crippen LogP contribution in [0.2, 0.25) is 0 Å². The molecule has 3 aliphatic carbocycles. The summed E-state index contributed by atoms with van der Waals surface area (Å²) in [5.41, 5.74) is 4.35. The van der Waals surface area contributed by atoms with E-state index < -0.39 is 67.3 Å². The summed E-state index contributed by atoms with van der Waals surface area (Å²) in [6.45, 7) is 0. The van der Waals surface area contributed by atoms with Gasteiger partial charge in [-0.15, -0.1) is 0 Å². The molecule has 2 aromatic carbocycles. The smallest absolute Gasteiger partial charge is 0.339 e. The molecular formula is C38H44F4O7S2. The van der Waals surface area contributed by atoms with Gasteiger partial charge in [0.2, 0.25) is 17.4 Å². The van der Waals surface area contributed by atoms with Gasteiger partial charge >= 0.3 is 22.1 Å². The number of ether oxygens (including phenoxy) is 2. The molecule has 7 rings (SSSR count). The Morgan fingerprint density at radius 1 is 0.686 bits per heavy atom. The first-order valence-corrected chi connectivity index (χ1v) is 20.9. The van der Waals surface area contributed by atoms with Crippen molar-refractivity contribution in [3.8, 4) is 5.75 Å². The van der Waals surface area contributed by atoms with E-state index in [1.165, 1.54) is 62.3 Å². The normalized spacial score (nSPS) is 26.4. The summed E-state index contributed by atoms with van der Waals surface area (Å²) in [5, 5.41) is -0.748. The van der Waals surface area contributed by atoms with E-state index in [0.717, 1.165) is 68.1 Å². The van der Waals surface area contributed by atoms with E-state index in [9.17, 15) is 35.6 Å². The summed E-state index contributed by atoms with van der Waals surface area (Å²) in [6, 6.07) is 4.64. The maximum Gasteiger partial charge on any atom is 0.339 e. The van der Waals surface area contributed by atoms with Gasteiger partial charge in [-0.2, -0.15) is 29.0 Å². The Labute approximate surface area is 300 Å². The highest BCUT2D eigenvalue weighted by Crippen LogP contribution is 2.52. The molecule has 0 spiro atoms. The number of esters is 2. The van der Waals surface area contributed by atoms with Crippen LogP contribution in [-0.2, 0) is 19.6 Å². The van der Waals surface area contributed by atoms with E-state index in [0.29, 0.717) is 17.8 Å². The first-order chi connectivity index (χ1) is 24.4. The summed E-state index contributed by atoms with van der Waals surface area (Å²) in [7, 11) is -5.65. The van der Waals surface area contributed by atoms with E-state index in [-0.39, 0.29) is 24.1 Å². The SMILES string of the molecule is O=C(OC1CC2SC1CC2C(=O)Oc1c(F)c(F)c(S(=O)(=O)O)c(F)c1F)c1c(C2CCCCC2)cc(C2CCCCC2)cc1C1CCCCC1. The monoisotopic (exact) mass is 752 g/mol. The molecule has 3 saturated carbocycles. The molecule has 5 aliphatic rings. The number of fused-ring (bicyclic) bond motifs is 2. The second-order valence-corrected chi connectivity index (χ2v) is 18.0. The molecule has 4 unspecified atom stereocenters. The van der Waals surface area contributed by atoms with Gasteiger partial charge in [0.1, 0.15) is 6.10 Å². The lowest BCUT2D eigenvalue weighted by atomic mass is 9.73. The van der Waals surface area contributed by atoms with E-state index in [1.54, 1.807) is 0 Å². The lowest BCUT2D eigenvalue weighted by Gasteiger charge is -2.32. The van der Waals surface area contributed by atoms with E-state index in [1.807, 2.05) is 0 Å². The zero-order chi connectivity index (χ0) is 36.0. The highest BCUT2D eigenvalue weighted by molar-refractivity contribution is 8.01. The molecule has 1 N–H and O–H groups in total. The average Bonchev–Trinajstić information content (AvgIpc) is 3.74. The summed E-state index contributed by atoms with van der Waals surface area (Å²) < 4.78 is 101. The number of benzene rings is 2. The van der Waals surface area contributed by atoms with Crippen LogP contribution in [0, 0.1) is 29.2 Å². The van der Waals surface area contributed by atoms with Crippen molar-refractivity contribution in [1.82, 2.24) is 0 Å². The molecule has 2 aromatic rings. The van der Waals surface area contributed by atoms with E-state index in [4.69, 9.17) is 14.0 Å². The van der Waals surface area contributed by atoms with Crippen LogP contribution in [0.4, 0.5) is 17.6 Å².